The van der Waals surface area contributed by atoms with E-state index in [-0.39, 0.29) is 5.56 Å². The van der Waals surface area contributed by atoms with E-state index >= 15 is 0 Å². The SMILES string of the molecule is O=C(O)c1cc(-c2ccc(-c3ccccc3Br)o2)nc2ccccc12. The number of benzene rings is 2. The van der Waals surface area contributed by atoms with Gasteiger partial charge in [-0.1, -0.05) is 52.3 Å². The normalized spacial score (nSPS) is 10.9. The molecule has 0 saturated carbocycles. The maximum absolute atomic E-state index is 11.6. The van der Waals surface area contributed by atoms with Crippen LogP contribution in [0.25, 0.3) is 33.7 Å². The molecule has 0 atom stereocenters. The third kappa shape index (κ3) is 2.83. The van der Waals surface area contributed by atoms with Crippen LogP contribution in [0, 0.1) is 0 Å². The Labute approximate surface area is 151 Å². The first-order valence-corrected chi connectivity index (χ1v) is 8.41. The number of hydrogen-bond acceptors (Lipinski definition) is 3. The minimum absolute atomic E-state index is 0.208. The Kier molecular flexibility index (Phi) is 3.86. The monoisotopic (exact) mass is 393 g/mol. The summed E-state index contributed by atoms with van der Waals surface area (Å²) in [7, 11) is 0. The summed E-state index contributed by atoms with van der Waals surface area (Å²) < 4.78 is 6.86. The van der Waals surface area contributed by atoms with Gasteiger partial charge in [0, 0.05) is 15.4 Å². The number of fused-ring (bicyclic) bond motifs is 1. The van der Waals surface area contributed by atoms with Gasteiger partial charge in [-0.15, -0.1) is 0 Å². The van der Waals surface area contributed by atoms with Gasteiger partial charge in [-0.3, -0.25) is 0 Å². The minimum Gasteiger partial charge on any atom is -0.478 e. The number of aromatic nitrogens is 1. The second-order valence-corrected chi connectivity index (χ2v) is 6.38. The highest BCUT2D eigenvalue weighted by Gasteiger charge is 2.15. The molecule has 5 heteroatoms. The summed E-state index contributed by atoms with van der Waals surface area (Å²) in [5, 5.41) is 10.1. The third-order valence-corrected chi connectivity index (χ3v) is 4.64. The van der Waals surface area contributed by atoms with Crippen LogP contribution < -0.4 is 0 Å². The molecule has 0 amide bonds. The zero-order valence-corrected chi connectivity index (χ0v) is 14.5. The van der Waals surface area contributed by atoms with Gasteiger partial charge in [-0.2, -0.15) is 0 Å². The lowest BCUT2D eigenvalue weighted by Gasteiger charge is -2.05. The van der Waals surface area contributed by atoms with E-state index in [1.54, 1.807) is 30.3 Å². The molecule has 122 valence electrons. The number of pyridine rings is 1. The quantitative estimate of drug-likeness (QED) is 0.490. The van der Waals surface area contributed by atoms with Gasteiger partial charge in [0.2, 0.25) is 0 Å². The molecule has 4 nitrogen and oxygen atoms in total. The Morgan fingerprint density at radius 3 is 2.48 bits per heavy atom. The van der Waals surface area contributed by atoms with Crippen molar-refractivity contribution in [2.75, 3.05) is 0 Å². The van der Waals surface area contributed by atoms with E-state index in [0.29, 0.717) is 28.1 Å². The van der Waals surface area contributed by atoms with Crippen molar-refractivity contribution >= 4 is 32.8 Å². The predicted octanol–water partition coefficient (Wildman–Crippen LogP) is 5.62. The standard InChI is InChI=1S/C20H12BrNO3/c21-15-7-3-1-6-13(15)18-9-10-19(25-18)17-11-14(20(23)24)12-5-2-4-8-16(12)22-17/h1-11H,(H,23,24). The first-order valence-electron chi connectivity index (χ1n) is 7.61. The van der Waals surface area contributed by atoms with Gasteiger partial charge in [-0.05, 0) is 30.3 Å². The summed E-state index contributed by atoms with van der Waals surface area (Å²) in [4.78, 5) is 16.2. The fourth-order valence-electron chi connectivity index (χ4n) is 2.76. The number of carbonyl (C=O) groups is 1. The van der Waals surface area contributed by atoms with Gasteiger partial charge in [0.25, 0.3) is 0 Å². The van der Waals surface area contributed by atoms with Gasteiger partial charge in [0.1, 0.15) is 11.5 Å². The van der Waals surface area contributed by atoms with E-state index in [2.05, 4.69) is 20.9 Å². The fraction of sp³-hybridized carbons (Fsp3) is 0. The van der Waals surface area contributed by atoms with Crippen LogP contribution in [0.4, 0.5) is 0 Å². The molecule has 0 unspecified atom stereocenters. The highest BCUT2D eigenvalue weighted by molar-refractivity contribution is 9.10. The van der Waals surface area contributed by atoms with Gasteiger partial charge in [-0.25, -0.2) is 9.78 Å². The number of rotatable bonds is 3. The highest BCUT2D eigenvalue weighted by atomic mass is 79.9. The highest BCUT2D eigenvalue weighted by Crippen LogP contribution is 2.33. The summed E-state index contributed by atoms with van der Waals surface area (Å²) in [5.41, 5.74) is 2.25. The molecule has 2 aromatic heterocycles. The molecule has 0 fully saturated rings. The zero-order valence-electron chi connectivity index (χ0n) is 12.9. The number of carboxylic acid groups (broad SMARTS) is 1. The lowest BCUT2D eigenvalue weighted by molar-refractivity contribution is 0.0699. The van der Waals surface area contributed by atoms with E-state index < -0.39 is 5.97 Å². The van der Waals surface area contributed by atoms with Crippen molar-refractivity contribution in [1.29, 1.82) is 0 Å². The Morgan fingerprint density at radius 2 is 1.68 bits per heavy atom. The molecule has 4 rings (SSSR count). The van der Waals surface area contributed by atoms with Crippen molar-refractivity contribution in [3.8, 4) is 22.8 Å². The maximum atomic E-state index is 11.6. The second-order valence-electron chi connectivity index (χ2n) is 5.52. The van der Waals surface area contributed by atoms with Gasteiger partial charge >= 0.3 is 5.97 Å². The number of aromatic carboxylic acids is 1. The smallest absolute Gasteiger partial charge is 0.336 e. The summed E-state index contributed by atoms with van der Waals surface area (Å²) >= 11 is 3.51. The number of halogens is 1. The molecule has 2 heterocycles. The van der Waals surface area contributed by atoms with E-state index in [0.717, 1.165) is 10.0 Å². The average Bonchev–Trinajstić information content (AvgIpc) is 3.11. The van der Waals surface area contributed by atoms with Crippen LogP contribution in [0.15, 0.2) is 75.6 Å². The Bertz CT molecular complexity index is 1100. The lowest BCUT2D eigenvalue weighted by Crippen LogP contribution is -1.99. The van der Waals surface area contributed by atoms with E-state index in [1.165, 1.54) is 0 Å². The number of para-hydroxylation sites is 1. The maximum Gasteiger partial charge on any atom is 0.336 e. The second kappa shape index (κ2) is 6.18. The largest absolute Gasteiger partial charge is 0.478 e. The summed E-state index contributed by atoms with van der Waals surface area (Å²) in [5.74, 6) is 0.228. The Morgan fingerprint density at radius 1 is 0.960 bits per heavy atom. The summed E-state index contributed by atoms with van der Waals surface area (Å²) in [6, 6.07) is 20.1. The summed E-state index contributed by atoms with van der Waals surface area (Å²) in [6.07, 6.45) is 0. The number of nitrogens with zero attached hydrogens (tertiary/aromatic N) is 1. The molecule has 0 bridgehead atoms. The molecule has 1 N–H and O–H groups in total. The fourth-order valence-corrected chi connectivity index (χ4v) is 3.24. The van der Waals surface area contributed by atoms with Crippen LogP contribution in [0.2, 0.25) is 0 Å². The van der Waals surface area contributed by atoms with Crippen LogP contribution in [-0.4, -0.2) is 16.1 Å². The third-order valence-electron chi connectivity index (χ3n) is 3.94. The van der Waals surface area contributed by atoms with E-state index in [9.17, 15) is 9.90 Å². The first kappa shape index (κ1) is 15.6. The molecule has 0 radical (unpaired) electrons. The zero-order chi connectivity index (χ0) is 17.4. The van der Waals surface area contributed by atoms with Crippen molar-refractivity contribution in [2.24, 2.45) is 0 Å². The van der Waals surface area contributed by atoms with Gasteiger partial charge in [0.05, 0.1) is 11.1 Å². The van der Waals surface area contributed by atoms with E-state index in [4.69, 9.17) is 4.42 Å². The van der Waals surface area contributed by atoms with Crippen molar-refractivity contribution in [2.45, 2.75) is 0 Å². The van der Waals surface area contributed by atoms with Crippen LogP contribution >= 0.6 is 15.9 Å². The number of furan rings is 1. The van der Waals surface area contributed by atoms with Crippen molar-refractivity contribution in [1.82, 2.24) is 4.98 Å². The molecular formula is C20H12BrNO3. The van der Waals surface area contributed by atoms with Crippen molar-refractivity contribution in [3.63, 3.8) is 0 Å². The topological polar surface area (TPSA) is 63.3 Å². The molecule has 25 heavy (non-hydrogen) atoms. The molecule has 4 aromatic rings. The lowest BCUT2D eigenvalue weighted by atomic mass is 10.1. The molecular weight excluding hydrogens is 382 g/mol. The number of carboxylic acids is 1. The van der Waals surface area contributed by atoms with Gasteiger partial charge in [0.15, 0.2) is 5.76 Å². The molecule has 0 spiro atoms. The van der Waals surface area contributed by atoms with Crippen LogP contribution in [0.1, 0.15) is 10.4 Å². The number of hydrogen-bond donors (Lipinski definition) is 1. The Hall–Kier alpha value is -2.92. The molecule has 0 saturated heterocycles. The molecule has 0 aliphatic carbocycles. The van der Waals surface area contributed by atoms with E-state index in [1.807, 2.05) is 36.4 Å². The van der Waals surface area contributed by atoms with Crippen LogP contribution in [0.5, 0.6) is 0 Å². The predicted molar refractivity (Wildman–Crippen MR) is 99.5 cm³/mol. The average molecular weight is 394 g/mol. The van der Waals surface area contributed by atoms with Crippen molar-refractivity contribution in [3.05, 3.63) is 76.8 Å². The first-order chi connectivity index (χ1) is 12.1. The van der Waals surface area contributed by atoms with Gasteiger partial charge < -0.3 is 9.52 Å². The minimum atomic E-state index is -0.988. The molecule has 0 aliphatic heterocycles. The van der Waals surface area contributed by atoms with Crippen molar-refractivity contribution < 1.29 is 14.3 Å². The Balaban J connectivity index is 1.86. The van der Waals surface area contributed by atoms with Crippen LogP contribution in [-0.2, 0) is 0 Å². The van der Waals surface area contributed by atoms with Crippen LogP contribution in [0.3, 0.4) is 0 Å². The molecule has 2 aromatic carbocycles. The summed E-state index contributed by atoms with van der Waals surface area (Å²) in [6.45, 7) is 0. The molecule has 0 aliphatic rings.